The van der Waals surface area contributed by atoms with Crippen LogP contribution in [-0.4, -0.2) is 40.5 Å². The Morgan fingerprint density at radius 3 is 2.56 bits per heavy atom. The first-order chi connectivity index (χ1) is 12.1. The second-order valence-corrected chi connectivity index (χ2v) is 6.10. The minimum Gasteiger partial charge on any atom is -0.383 e. The van der Waals surface area contributed by atoms with Gasteiger partial charge in [-0.1, -0.05) is 18.2 Å². The highest BCUT2D eigenvalue weighted by Gasteiger charge is 2.34. The van der Waals surface area contributed by atoms with Crippen LogP contribution < -0.4 is 0 Å². The number of hydrogen-bond acceptors (Lipinski definition) is 5. The third-order valence-electron chi connectivity index (χ3n) is 4.18. The maximum Gasteiger partial charge on any atom is 0.215 e. The van der Waals surface area contributed by atoms with Crippen LogP contribution in [0.3, 0.4) is 0 Å². The number of ketones is 2. The second-order valence-electron chi connectivity index (χ2n) is 6.10. The quantitative estimate of drug-likeness (QED) is 0.566. The van der Waals surface area contributed by atoms with Crippen molar-refractivity contribution in [2.45, 2.75) is 0 Å². The van der Waals surface area contributed by atoms with E-state index in [-0.39, 0.29) is 23.0 Å². The number of fused-ring (bicyclic) bond motifs is 3. The van der Waals surface area contributed by atoms with E-state index in [2.05, 4.69) is 9.97 Å². The molecule has 0 saturated heterocycles. The Balaban J connectivity index is 2.09. The van der Waals surface area contributed by atoms with Crippen molar-refractivity contribution < 1.29 is 9.59 Å². The van der Waals surface area contributed by atoms with Gasteiger partial charge in [-0.15, -0.1) is 0 Å². The number of benzene rings is 1. The van der Waals surface area contributed by atoms with Crippen molar-refractivity contribution in [3.05, 3.63) is 76.9 Å². The highest BCUT2D eigenvalue weighted by atomic mass is 16.1. The van der Waals surface area contributed by atoms with Gasteiger partial charge in [0.15, 0.2) is 0 Å². The minimum absolute atomic E-state index is 0.191. The van der Waals surface area contributed by atoms with Crippen molar-refractivity contribution in [2.75, 3.05) is 14.1 Å². The molecule has 1 aliphatic carbocycles. The molecular weight excluding hydrogens is 314 g/mol. The Labute approximate surface area is 144 Å². The van der Waals surface area contributed by atoms with Gasteiger partial charge in [-0.05, 0) is 36.0 Å². The first-order valence-corrected chi connectivity index (χ1v) is 7.89. The topological polar surface area (TPSA) is 63.2 Å². The number of para-hydroxylation sites is 1. The maximum atomic E-state index is 13.1. The molecule has 0 aliphatic heterocycles. The minimum atomic E-state index is -0.262. The van der Waals surface area contributed by atoms with E-state index < -0.39 is 0 Å². The molecule has 0 radical (unpaired) electrons. The maximum absolute atomic E-state index is 13.1. The number of carbonyl (C=O) groups excluding carboxylic acids is 2. The van der Waals surface area contributed by atoms with Crippen LogP contribution in [0.15, 0.2) is 48.8 Å². The van der Waals surface area contributed by atoms with Crippen LogP contribution in [0.5, 0.6) is 0 Å². The van der Waals surface area contributed by atoms with Crippen molar-refractivity contribution in [1.82, 2.24) is 14.9 Å². The zero-order valence-electron chi connectivity index (χ0n) is 13.9. The highest BCUT2D eigenvalue weighted by Crippen LogP contribution is 2.32. The molecule has 1 aromatic carbocycles. The molecular formula is C20H15N3O2. The third kappa shape index (κ3) is 2.32. The summed E-state index contributed by atoms with van der Waals surface area (Å²) in [5, 5.41) is 0.833. The molecule has 0 bridgehead atoms. The number of pyridine rings is 2. The van der Waals surface area contributed by atoms with Crippen LogP contribution in [0, 0.1) is 0 Å². The van der Waals surface area contributed by atoms with Crippen LogP contribution in [-0.2, 0) is 0 Å². The molecule has 122 valence electrons. The fourth-order valence-electron chi connectivity index (χ4n) is 3.04. The van der Waals surface area contributed by atoms with E-state index >= 15 is 0 Å². The number of nitrogens with zero attached hydrogens (tertiary/aromatic N) is 3. The molecule has 5 heteroatoms. The normalized spacial score (nSPS) is 13.2. The highest BCUT2D eigenvalue weighted by molar-refractivity contribution is 6.29. The van der Waals surface area contributed by atoms with E-state index in [0.29, 0.717) is 22.2 Å². The Morgan fingerprint density at radius 2 is 1.76 bits per heavy atom. The van der Waals surface area contributed by atoms with Gasteiger partial charge in [-0.25, -0.2) is 4.98 Å². The monoisotopic (exact) mass is 329 g/mol. The summed E-state index contributed by atoms with van der Waals surface area (Å²) in [6.45, 7) is 0. The fourth-order valence-corrected chi connectivity index (χ4v) is 3.04. The molecule has 2 aromatic heterocycles. The molecule has 25 heavy (non-hydrogen) atoms. The summed E-state index contributed by atoms with van der Waals surface area (Å²) in [4.78, 5) is 36.5. The molecule has 0 fully saturated rings. The van der Waals surface area contributed by atoms with E-state index in [1.807, 2.05) is 55.5 Å². The van der Waals surface area contributed by atoms with Crippen molar-refractivity contribution >= 4 is 28.5 Å². The number of hydrogen-bond donors (Lipinski definition) is 0. The number of rotatable bonds is 2. The lowest BCUT2D eigenvalue weighted by atomic mass is 9.86. The fraction of sp³-hybridized carbons (Fsp3) is 0.100. The Morgan fingerprint density at radius 1 is 0.960 bits per heavy atom. The summed E-state index contributed by atoms with van der Waals surface area (Å²) < 4.78 is 0. The summed E-state index contributed by atoms with van der Waals surface area (Å²) >= 11 is 0. The van der Waals surface area contributed by atoms with E-state index in [9.17, 15) is 9.59 Å². The van der Waals surface area contributed by atoms with E-state index in [4.69, 9.17) is 0 Å². The van der Waals surface area contributed by atoms with Crippen LogP contribution in [0.25, 0.3) is 17.0 Å². The predicted octanol–water partition coefficient (Wildman–Crippen LogP) is 2.94. The van der Waals surface area contributed by atoms with Crippen LogP contribution >= 0.6 is 0 Å². The zero-order valence-corrected chi connectivity index (χ0v) is 13.9. The smallest absolute Gasteiger partial charge is 0.215 e. The molecule has 0 amide bonds. The van der Waals surface area contributed by atoms with Crippen molar-refractivity contribution in [2.24, 2.45) is 0 Å². The third-order valence-corrected chi connectivity index (χ3v) is 4.18. The summed E-state index contributed by atoms with van der Waals surface area (Å²) in [5.41, 5.74) is 2.41. The second kappa shape index (κ2) is 5.63. The number of aromatic nitrogens is 2. The van der Waals surface area contributed by atoms with Gasteiger partial charge in [0.25, 0.3) is 0 Å². The van der Waals surface area contributed by atoms with E-state index in [0.717, 1.165) is 5.39 Å². The van der Waals surface area contributed by atoms with E-state index in [1.54, 1.807) is 12.1 Å². The Bertz CT molecular complexity index is 1070. The molecule has 3 aromatic rings. The predicted molar refractivity (Wildman–Crippen MR) is 95.6 cm³/mol. The van der Waals surface area contributed by atoms with E-state index in [1.165, 1.54) is 6.20 Å². The Kier molecular flexibility index (Phi) is 3.42. The van der Waals surface area contributed by atoms with Gasteiger partial charge in [0.05, 0.1) is 16.6 Å². The molecule has 0 spiro atoms. The first-order valence-electron chi connectivity index (χ1n) is 7.89. The lowest BCUT2D eigenvalue weighted by molar-refractivity contribution is 0.0972. The largest absolute Gasteiger partial charge is 0.383 e. The van der Waals surface area contributed by atoms with Crippen LogP contribution in [0.2, 0.25) is 0 Å². The van der Waals surface area contributed by atoms with Crippen LogP contribution in [0.1, 0.15) is 37.7 Å². The standard InChI is InChI=1S/C20H15N3O2/c1-23(2)11-9-13-12-6-3-4-8-15(12)22-18-16(13)20(25)17-14(19(18)24)7-5-10-21-17/h3-11H,1-2H3/b11-9-. The molecule has 4 rings (SSSR count). The molecule has 0 atom stereocenters. The van der Waals surface area contributed by atoms with Gasteiger partial charge in [-0.2, -0.15) is 0 Å². The SMILES string of the molecule is CN(C)/C=C\c1c2c(nc3ccccc13)C(=O)c1cccnc1C2=O. The van der Waals surface area contributed by atoms with Gasteiger partial charge in [0, 0.05) is 25.7 Å². The molecule has 1 aliphatic rings. The lowest BCUT2D eigenvalue weighted by Gasteiger charge is -2.19. The Hall–Kier alpha value is -3.34. The summed E-state index contributed by atoms with van der Waals surface area (Å²) in [5.74, 6) is -0.523. The average Bonchev–Trinajstić information content (AvgIpc) is 2.63. The molecule has 0 unspecified atom stereocenters. The van der Waals surface area contributed by atoms with Gasteiger partial charge in [-0.3, -0.25) is 14.6 Å². The molecule has 0 saturated carbocycles. The first kappa shape index (κ1) is 15.2. The molecule has 2 heterocycles. The zero-order chi connectivity index (χ0) is 17.6. The summed E-state index contributed by atoms with van der Waals surface area (Å²) in [6, 6.07) is 10.8. The summed E-state index contributed by atoms with van der Waals surface area (Å²) in [7, 11) is 3.80. The van der Waals surface area contributed by atoms with Gasteiger partial charge < -0.3 is 4.90 Å². The van der Waals surface area contributed by atoms with Crippen molar-refractivity contribution in [1.29, 1.82) is 0 Å². The van der Waals surface area contributed by atoms with Gasteiger partial charge >= 0.3 is 0 Å². The molecule has 5 nitrogen and oxygen atoms in total. The van der Waals surface area contributed by atoms with Gasteiger partial charge in [0.1, 0.15) is 11.4 Å². The van der Waals surface area contributed by atoms with Crippen molar-refractivity contribution in [3.8, 4) is 0 Å². The van der Waals surface area contributed by atoms with Gasteiger partial charge in [0.2, 0.25) is 11.6 Å². The van der Waals surface area contributed by atoms with Crippen LogP contribution in [0.4, 0.5) is 0 Å². The average molecular weight is 329 g/mol. The lowest BCUT2D eigenvalue weighted by Crippen LogP contribution is -2.25. The number of carbonyl (C=O) groups is 2. The molecule has 0 N–H and O–H groups in total. The van der Waals surface area contributed by atoms with Crippen molar-refractivity contribution in [3.63, 3.8) is 0 Å². The summed E-state index contributed by atoms with van der Waals surface area (Å²) in [6.07, 6.45) is 5.23.